The third-order valence-electron chi connectivity index (χ3n) is 4.65. The van der Waals surface area contributed by atoms with Crippen molar-refractivity contribution in [1.82, 2.24) is 29.6 Å². The maximum Gasteiger partial charge on any atom is 0.236 e. The van der Waals surface area contributed by atoms with Crippen LogP contribution in [0.25, 0.3) is 11.0 Å². The fourth-order valence-corrected chi connectivity index (χ4v) is 3.26. The van der Waals surface area contributed by atoms with E-state index in [4.69, 9.17) is 5.26 Å². The Labute approximate surface area is 154 Å². The average Bonchev–Trinajstić information content (AvgIpc) is 3.28. The zero-order chi connectivity index (χ0) is 18.9. The molecule has 1 saturated heterocycles. The van der Waals surface area contributed by atoms with E-state index < -0.39 is 5.54 Å². The zero-order valence-electron chi connectivity index (χ0n) is 14.3. The molecule has 27 heavy (non-hydrogen) atoms. The number of rotatable bonds is 5. The number of carbonyl (C=O) groups is 1. The smallest absolute Gasteiger partial charge is 0.236 e. The van der Waals surface area contributed by atoms with Crippen LogP contribution in [0.3, 0.4) is 0 Å². The average molecular weight is 361 g/mol. The third kappa shape index (κ3) is 2.83. The second-order valence-electron chi connectivity index (χ2n) is 6.40. The molecule has 4 rings (SSSR count). The molecular weight excluding hydrogens is 346 g/mol. The van der Waals surface area contributed by atoms with Crippen molar-refractivity contribution >= 4 is 28.4 Å². The first-order chi connectivity index (χ1) is 13.1. The van der Waals surface area contributed by atoms with Gasteiger partial charge in [-0.2, -0.15) is 15.6 Å². The first-order valence-corrected chi connectivity index (χ1v) is 8.27. The van der Waals surface area contributed by atoms with Gasteiger partial charge in [0.15, 0.2) is 0 Å². The number of aromatic amines is 1. The van der Waals surface area contributed by atoms with E-state index in [-0.39, 0.29) is 18.7 Å². The summed E-state index contributed by atoms with van der Waals surface area (Å²) in [6.07, 6.45) is 6.77. The van der Waals surface area contributed by atoms with E-state index in [1.165, 1.54) is 6.33 Å². The van der Waals surface area contributed by atoms with Crippen LogP contribution in [0.5, 0.6) is 0 Å². The highest BCUT2D eigenvalue weighted by Gasteiger charge is 2.47. The van der Waals surface area contributed by atoms with Gasteiger partial charge in [0.1, 0.15) is 29.8 Å². The summed E-state index contributed by atoms with van der Waals surface area (Å²) >= 11 is 0. The molecule has 3 aromatic rings. The summed E-state index contributed by atoms with van der Waals surface area (Å²) in [5, 5.41) is 26.3. The number of carbonyl (C=O) groups excluding carboxylic acids is 1. The van der Waals surface area contributed by atoms with E-state index in [1.54, 1.807) is 28.2 Å². The van der Waals surface area contributed by atoms with Crippen LogP contribution in [-0.4, -0.2) is 48.6 Å². The number of nitriles is 2. The maximum absolute atomic E-state index is 11.9. The molecule has 0 bridgehead atoms. The van der Waals surface area contributed by atoms with Crippen LogP contribution in [0.15, 0.2) is 31.0 Å². The summed E-state index contributed by atoms with van der Waals surface area (Å²) in [5.41, 5.74) is 0.872. The molecule has 0 spiro atoms. The van der Waals surface area contributed by atoms with E-state index in [2.05, 4.69) is 31.4 Å². The first-order valence-electron chi connectivity index (χ1n) is 8.27. The van der Waals surface area contributed by atoms with Gasteiger partial charge in [0.25, 0.3) is 0 Å². The standard InChI is InChI=1S/C17H15N9O/c18-4-1-14(27)25-9-17(10-25,3-5-19)26-8-12(7-23-26)24-16-13-2-6-20-15(13)21-11-22-16/h2,6-8,11H,1,3,9-10H2,(H2,20,21,22,24). The summed E-state index contributed by atoms with van der Waals surface area (Å²) in [4.78, 5) is 24.9. The van der Waals surface area contributed by atoms with Gasteiger partial charge in [-0.25, -0.2) is 9.97 Å². The third-order valence-corrected chi connectivity index (χ3v) is 4.65. The number of hydrogen-bond acceptors (Lipinski definition) is 7. The van der Waals surface area contributed by atoms with Gasteiger partial charge in [-0.05, 0) is 6.07 Å². The number of hydrogen-bond donors (Lipinski definition) is 2. The van der Waals surface area contributed by atoms with Gasteiger partial charge >= 0.3 is 0 Å². The van der Waals surface area contributed by atoms with Crippen LogP contribution in [0.2, 0.25) is 0 Å². The van der Waals surface area contributed by atoms with Crippen LogP contribution in [0.4, 0.5) is 11.5 Å². The molecule has 0 unspecified atom stereocenters. The Kier molecular flexibility index (Phi) is 3.94. The van der Waals surface area contributed by atoms with Gasteiger partial charge in [-0.3, -0.25) is 9.48 Å². The van der Waals surface area contributed by atoms with Crippen molar-refractivity contribution in [3.63, 3.8) is 0 Å². The number of anilines is 2. The van der Waals surface area contributed by atoms with E-state index in [9.17, 15) is 10.1 Å². The van der Waals surface area contributed by atoms with Gasteiger partial charge in [-0.1, -0.05) is 0 Å². The summed E-state index contributed by atoms with van der Waals surface area (Å²) in [6, 6.07) is 5.91. The number of likely N-dealkylation sites (tertiary alicyclic amines) is 1. The monoisotopic (exact) mass is 361 g/mol. The van der Waals surface area contributed by atoms with Crippen molar-refractivity contribution in [3.05, 3.63) is 31.0 Å². The lowest BCUT2D eigenvalue weighted by Gasteiger charge is -2.48. The highest BCUT2D eigenvalue weighted by atomic mass is 16.2. The normalized spacial score (nSPS) is 15.0. The van der Waals surface area contributed by atoms with Gasteiger partial charge in [-0.15, -0.1) is 0 Å². The van der Waals surface area contributed by atoms with Crippen molar-refractivity contribution < 1.29 is 4.79 Å². The Morgan fingerprint density at radius 1 is 1.33 bits per heavy atom. The van der Waals surface area contributed by atoms with Crippen molar-refractivity contribution in [2.24, 2.45) is 0 Å². The highest BCUT2D eigenvalue weighted by molar-refractivity contribution is 5.88. The number of aromatic nitrogens is 5. The van der Waals surface area contributed by atoms with E-state index in [1.807, 2.05) is 12.1 Å². The van der Waals surface area contributed by atoms with E-state index in [0.29, 0.717) is 18.9 Å². The molecule has 3 aromatic heterocycles. The minimum atomic E-state index is -0.575. The Morgan fingerprint density at radius 2 is 2.19 bits per heavy atom. The van der Waals surface area contributed by atoms with Crippen LogP contribution >= 0.6 is 0 Å². The summed E-state index contributed by atoms with van der Waals surface area (Å²) in [7, 11) is 0. The number of nitrogens with zero attached hydrogens (tertiary/aromatic N) is 7. The second kappa shape index (κ2) is 6.42. The van der Waals surface area contributed by atoms with E-state index in [0.717, 1.165) is 16.7 Å². The first kappa shape index (κ1) is 16.5. The molecule has 1 amide bonds. The SMILES string of the molecule is N#CCC(=O)N1CC(CC#N)(n2cc(Nc3ncnc4[nH]ccc34)cn2)C1. The van der Waals surface area contributed by atoms with Crippen molar-refractivity contribution in [2.45, 2.75) is 18.4 Å². The molecule has 1 fully saturated rings. The minimum Gasteiger partial charge on any atom is -0.346 e. The van der Waals surface area contributed by atoms with Gasteiger partial charge in [0, 0.05) is 25.5 Å². The van der Waals surface area contributed by atoms with Gasteiger partial charge in [0.05, 0.1) is 35.8 Å². The molecule has 0 saturated carbocycles. The fourth-order valence-electron chi connectivity index (χ4n) is 3.26. The number of amides is 1. The Hall–Kier alpha value is -3.92. The molecule has 10 nitrogen and oxygen atoms in total. The van der Waals surface area contributed by atoms with E-state index >= 15 is 0 Å². The Bertz CT molecular complexity index is 1080. The molecule has 134 valence electrons. The van der Waals surface area contributed by atoms with Crippen LogP contribution < -0.4 is 5.32 Å². The lowest BCUT2D eigenvalue weighted by atomic mass is 9.86. The Balaban J connectivity index is 1.54. The Morgan fingerprint density at radius 3 is 2.96 bits per heavy atom. The predicted octanol–water partition coefficient (Wildman–Crippen LogP) is 1.26. The number of fused-ring (bicyclic) bond motifs is 1. The number of H-pyrrole nitrogens is 1. The van der Waals surface area contributed by atoms with Crippen LogP contribution in [0.1, 0.15) is 12.8 Å². The molecule has 0 aromatic carbocycles. The molecule has 1 aliphatic heterocycles. The lowest BCUT2D eigenvalue weighted by Crippen LogP contribution is -2.64. The molecule has 1 aliphatic rings. The predicted molar refractivity (Wildman–Crippen MR) is 94.4 cm³/mol. The molecule has 0 radical (unpaired) electrons. The topological polar surface area (TPSA) is 139 Å². The quantitative estimate of drug-likeness (QED) is 0.697. The minimum absolute atomic E-state index is 0.158. The van der Waals surface area contributed by atoms with Crippen molar-refractivity contribution in [3.8, 4) is 12.1 Å². The molecule has 4 heterocycles. The molecule has 0 atom stereocenters. The van der Waals surface area contributed by atoms with Crippen LogP contribution in [0, 0.1) is 22.7 Å². The number of nitrogens with one attached hydrogen (secondary N) is 2. The zero-order valence-corrected chi connectivity index (χ0v) is 14.3. The van der Waals surface area contributed by atoms with Crippen LogP contribution in [-0.2, 0) is 10.3 Å². The fraction of sp³-hybridized carbons (Fsp3) is 0.294. The molecular formula is C17H15N9O. The molecule has 2 N–H and O–H groups in total. The largest absolute Gasteiger partial charge is 0.346 e. The van der Waals surface area contributed by atoms with Gasteiger partial charge in [0.2, 0.25) is 5.91 Å². The van der Waals surface area contributed by atoms with Crippen molar-refractivity contribution in [2.75, 3.05) is 18.4 Å². The molecule has 0 aliphatic carbocycles. The molecule has 10 heteroatoms. The van der Waals surface area contributed by atoms with Crippen molar-refractivity contribution in [1.29, 1.82) is 10.5 Å². The highest BCUT2D eigenvalue weighted by Crippen LogP contribution is 2.33. The maximum atomic E-state index is 11.9. The van der Waals surface area contributed by atoms with Gasteiger partial charge < -0.3 is 15.2 Å². The summed E-state index contributed by atoms with van der Waals surface area (Å²) in [6.45, 7) is 0.718. The second-order valence-corrected chi connectivity index (χ2v) is 6.40. The summed E-state index contributed by atoms with van der Waals surface area (Å²) in [5.74, 6) is 0.418. The summed E-state index contributed by atoms with van der Waals surface area (Å²) < 4.78 is 1.71. The lowest BCUT2D eigenvalue weighted by molar-refractivity contribution is -0.141.